The quantitative estimate of drug-likeness (QED) is 0.613. The molecule has 1 aliphatic heterocycles. The number of aliphatic hydroxyl groups is 1. The molecule has 1 saturated heterocycles. The predicted molar refractivity (Wildman–Crippen MR) is 48.4 cm³/mol. The van der Waals surface area contributed by atoms with E-state index in [4.69, 9.17) is 0 Å². The summed E-state index contributed by atoms with van der Waals surface area (Å²) >= 11 is 0. The van der Waals surface area contributed by atoms with Gasteiger partial charge in [-0.05, 0) is 25.8 Å². The molecule has 0 aromatic rings. The highest BCUT2D eigenvalue weighted by atomic mass is 19.3. The van der Waals surface area contributed by atoms with Crippen molar-refractivity contribution in [1.82, 2.24) is 10.6 Å². The van der Waals surface area contributed by atoms with Crippen molar-refractivity contribution >= 4 is 0 Å². The fourth-order valence-corrected chi connectivity index (χ4v) is 1.71. The van der Waals surface area contributed by atoms with Crippen LogP contribution in [0.1, 0.15) is 19.3 Å². The maximum Gasteiger partial charge on any atom is 0.289 e. The van der Waals surface area contributed by atoms with E-state index in [1.54, 1.807) is 0 Å². The van der Waals surface area contributed by atoms with Crippen LogP contribution in [0.4, 0.5) is 8.78 Å². The summed E-state index contributed by atoms with van der Waals surface area (Å²) in [5.41, 5.74) is -1.86. The van der Waals surface area contributed by atoms with Gasteiger partial charge in [0.25, 0.3) is 5.92 Å². The third-order valence-corrected chi connectivity index (χ3v) is 3.00. The lowest BCUT2D eigenvalue weighted by molar-refractivity contribution is -0.191. The molecule has 0 amide bonds. The largest absolute Gasteiger partial charge is 0.382 e. The molecule has 1 unspecified atom stereocenters. The van der Waals surface area contributed by atoms with Gasteiger partial charge in [0.15, 0.2) is 0 Å². The van der Waals surface area contributed by atoms with E-state index in [0.717, 1.165) is 12.8 Å². The highest BCUT2D eigenvalue weighted by Crippen LogP contribution is 2.34. The molecular formula is C9H16F2N2O. The van der Waals surface area contributed by atoms with E-state index in [-0.39, 0.29) is 13.0 Å². The second kappa shape index (κ2) is 3.40. The van der Waals surface area contributed by atoms with Crippen LogP contribution in [0.2, 0.25) is 0 Å². The van der Waals surface area contributed by atoms with Crippen LogP contribution in [-0.2, 0) is 0 Å². The zero-order valence-corrected chi connectivity index (χ0v) is 8.02. The molecule has 1 heterocycles. The Kier molecular flexibility index (Phi) is 2.49. The molecule has 5 heteroatoms. The van der Waals surface area contributed by atoms with Gasteiger partial charge < -0.3 is 15.7 Å². The van der Waals surface area contributed by atoms with Crippen LogP contribution in [0.3, 0.4) is 0 Å². The molecule has 1 aliphatic carbocycles. The van der Waals surface area contributed by atoms with E-state index >= 15 is 0 Å². The Balaban J connectivity index is 1.94. The Morgan fingerprint density at radius 2 is 2.14 bits per heavy atom. The van der Waals surface area contributed by atoms with Gasteiger partial charge in [0.2, 0.25) is 0 Å². The van der Waals surface area contributed by atoms with Crippen LogP contribution in [-0.4, -0.2) is 42.3 Å². The molecule has 82 valence electrons. The molecule has 1 atom stereocenters. The fourth-order valence-electron chi connectivity index (χ4n) is 1.71. The number of rotatable bonds is 3. The number of hydrogen-bond acceptors (Lipinski definition) is 3. The Bertz CT molecular complexity index is 221. The minimum atomic E-state index is -3.02. The molecule has 0 spiro atoms. The molecule has 0 aromatic carbocycles. The maximum absolute atomic E-state index is 13.4. The molecule has 2 fully saturated rings. The van der Waals surface area contributed by atoms with E-state index in [1.807, 2.05) is 0 Å². The number of nitrogens with one attached hydrogen (secondary N) is 2. The normalized spacial score (nSPS) is 37.1. The van der Waals surface area contributed by atoms with Crippen LogP contribution in [0.15, 0.2) is 0 Å². The van der Waals surface area contributed by atoms with Gasteiger partial charge in [-0.3, -0.25) is 0 Å². The Morgan fingerprint density at radius 1 is 1.43 bits per heavy atom. The number of halogens is 2. The summed E-state index contributed by atoms with van der Waals surface area (Å²) < 4.78 is 26.7. The Hall–Kier alpha value is -0.260. The van der Waals surface area contributed by atoms with Gasteiger partial charge in [0.05, 0.1) is 6.54 Å². The van der Waals surface area contributed by atoms with Gasteiger partial charge in [0.1, 0.15) is 5.60 Å². The van der Waals surface area contributed by atoms with Crippen LogP contribution >= 0.6 is 0 Å². The predicted octanol–water partition coefficient (Wildman–Crippen LogP) is 0.0981. The standard InChI is InChI=1S/C9H16F2N2O/c10-9(11)6-12-4-3-8(9,14)5-13-7-1-2-7/h7,12-14H,1-6H2. The van der Waals surface area contributed by atoms with Gasteiger partial charge >= 0.3 is 0 Å². The van der Waals surface area contributed by atoms with Crippen molar-refractivity contribution in [2.24, 2.45) is 0 Å². The zero-order chi connectivity index (χ0) is 10.2. The van der Waals surface area contributed by atoms with Crippen LogP contribution < -0.4 is 10.6 Å². The molecule has 0 radical (unpaired) electrons. The maximum atomic E-state index is 13.4. The van der Waals surface area contributed by atoms with E-state index in [2.05, 4.69) is 10.6 Å². The Labute approximate surface area is 81.9 Å². The molecule has 1 saturated carbocycles. The lowest BCUT2D eigenvalue weighted by atomic mass is 9.88. The van der Waals surface area contributed by atoms with Crippen molar-refractivity contribution in [1.29, 1.82) is 0 Å². The molecule has 14 heavy (non-hydrogen) atoms. The van der Waals surface area contributed by atoms with Gasteiger partial charge in [-0.1, -0.05) is 0 Å². The van der Waals surface area contributed by atoms with Crippen molar-refractivity contribution in [2.45, 2.75) is 36.8 Å². The second-order valence-electron chi connectivity index (χ2n) is 4.32. The summed E-state index contributed by atoms with van der Waals surface area (Å²) in [5.74, 6) is -3.02. The average molecular weight is 206 g/mol. The smallest absolute Gasteiger partial charge is 0.289 e. The van der Waals surface area contributed by atoms with Crippen molar-refractivity contribution in [3.05, 3.63) is 0 Å². The first-order valence-corrected chi connectivity index (χ1v) is 5.08. The number of hydrogen-bond donors (Lipinski definition) is 3. The van der Waals surface area contributed by atoms with Crippen LogP contribution in [0.5, 0.6) is 0 Å². The van der Waals surface area contributed by atoms with E-state index in [9.17, 15) is 13.9 Å². The first-order valence-electron chi connectivity index (χ1n) is 5.08. The van der Waals surface area contributed by atoms with Crippen LogP contribution in [0, 0.1) is 0 Å². The van der Waals surface area contributed by atoms with E-state index < -0.39 is 18.1 Å². The molecular weight excluding hydrogens is 190 g/mol. The fraction of sp³-hybridized carbons (Fsp3) is 1.00. The highest BCUT2D eigenvalue weighted by molar-refractivity contribution is 5.01. The van der Waals surface area contributed by atoms with E-state index in [1.165, 1.54) is 0 Å². The topological polar surface area (TPSA) is 44.3 Å². The number of alkyl halides is 2. The monoisotopic (exact) mass is 206 g/mol. The van der Waals surface area contributed by atoms with Gasteiger partial charge in [0, 0.05) is 12.6 Å². The van der Waals surface area contributed by atoms with Gasteiger partial charge in [-0.2, -0.15) is 0 Å². The second-order valence-corrected chi connectivity index (χ2v) is 4.32. The summed E-state index contributed by atoms with van der Waals surface area (Å²) in [7, 11) is 0. The lowest BCUT2D eigenvalue weighted by Gasteiger charge is -2.40. The molecule has 0 bridgehead atoms. The summed E-state index contributed by atoms with van der Waals surface area (Å²) in [4.78, 5) is 0. The first kappa shape index (κ1) is 10.3. The molecule has 2 aliphatic rings. The first-order chi connectivity index (χ1) is 6.54. The van der Waals surface area contributed by atoms with Crippen LogP contribution in [0.25, 0.3) is 0 Å². The van der Waals surface area contributed by atoms with Crippen molar-refractivity contribution in [3.63, 3.8) is 0 Å². The zero-order valence-electron chi connectivity index (χ0n) is 8.02. The minimum absolute atomic E-state index is 0.00630. The summed E-state index contributed by atoms with van der Waals surface area (Å²) in [6.45, 7) is 0.0423. The summed E-state index contributed by atoms with van der Waals surface area (Å²) in [6.07, 6.45) is 2.19. The Morgan fingerprint density at radius 3 is 2.71 bits per heavy atom. The average Bonchev–Trinajstić information content (AvgIpc) is 2.91. The molecule has 3 N–H and O–H groups in total. The summed E-state index contributed by atoms with van der Waals surface area (Å²) in [5, 5.41) is 15.4. The molecule has 3 nitrogen and oxygen atoms in total. The SMILES string of the molecule is OC1(CNC2CC2)CCNCC1(F)F. The third kappa shape index (κ3) is 1.89. The lowest BCUT2D eigenvalue weighted by Crippen LogP contribution is -2.63. The van der Waals surface area contributed by atoms with Crippen molar-refractivity contribution < 1.29 is 13.9 Å². The molecule has 0 aromatic heterocycles. The number of piperidine rings is 1. The van der Waals surface area contributed by atoms with Crippen molar-refractivity contribution in [2.75, 3.05) is 19.6 Å². The minimum Gasteiger partial charge on any atom is -0.382 e. The van der Waals surface area contributed by atoms with Crippen molar-refractivity contribution in [3.8, 4) is 0 Å². The highest BCUT2D eigenvalue weighted by Gasteiger charge is 2.54. The van der Waals surface area contributed by atoms with E-state index in [0.29, 0.717) is 12.6 Å². The summed E-state index contributed by atoms with van der Waals surface area (Å²) in [6, 6.07) is 0.352. The van der Waals surface area contributed by atoms with Gasteiger partial charge in [-0.15, -0.1) is 0 Å². The van der Waals surface area contributed by atoms with Gasteiger partial charge in [-0.25, -0.2) is 8.78 Å². The third-order valence-electron chi connectivity index (χ3n) is 3.00. The molecule has 2 rings (SSSR count).